The van der Waals surface area contributed by atoms with E-state index < -0.39 is 0 Å². The van der Waals surface area contributed by atoms with Crippen LogP contribution in [0.25, 0.3) is 0 Å². The predicted octanol–water partition coefficient (Wildman–Crippen LogP) is 5.50. The van der Waals surface area contributed by atoms with Crippen molar-refractivity contribution in [1.82, 2.24) is 0 Å². The average molecular weight is 314 g/mol. The van der Waals surface area contributed by atoms with Gasteiger partial charge in [0.25, 0.3) is 0 Å². The lowest BCUT2D eigenvalue weighted by molar-refractivity contribution is 0.304. The molecule has 1 atom stereocenters. The molecule has 0 amide bonds. The lowest BCUT2D eigenvalue weighted by Crippen LogP contribution is -2.00. The number of benzene rings is 2. The number of halogens is 1. The zero-order chi connectivity index (χ0) is 15.8. The molecule has 22 heavy (non-hydrogen) atoms. The molecule has 0 bridgehead atoms. The fourth-order valence-corrected chi connectivity index (χ4v) is 2.50. The van der Waals surface area contributed by atoms with E-state index in [2.05, 4.69) is 13.0 Å². The first-order valence-corrected chi connectivity index (χ1v) is 7.91. The zero-order valence-corrected chi connectivity index (χ0v) is 13.5. The monoisotopic (exact) mass is 313 g/mol. The summed E-state index contributed by atoms with van der Waals surface area (Å²) >= 11 is 5.98. The number of unbranched alkanes of at least 4 members (excludes halogenated alkanes) is 1. The molecular weight excluding hydrogens is 294 g/mol. The molecular formula is C19H20ClNO. The van der Waals surface area contributed by atoms with Gasteiger partial charge in [0.15, 0.2) is 0 Å². The number of nitriles is 1. The highest BCUT2D eigenvalue weighted by Gasteiger charge is 2.10. The molecule has 2 nitrogen and oxygen atoms in total. The van der Waals surface area contributed by atoms with Gasteiger partial charge in [-0.15, -0.1) is 0 Å². The van der Waals surface area contributed by atoms with Crippen LogP contribution in [0.4, 0.5) is 0 Å². The van der Waals surface area contributed by atoms with Crippen molar-refractivity contribution in [3.63, 3.8) is 0 Å². The van der Waals surface area contributed by atoms with Gasteiger partial charge in [0, 0.05) is 5.02 Å². The molecule has 0 aromatic heterocycles. The van der Waals surface area contributed by atoms with Gasteiger partial charge in [0.2, 0.25) is 0 Å². The number of rotatable bonds is 7. The maximum atomic E-state index is 9.31. The summed E-state index contributed by atoms with van der Waals surface area (Å²) in [7, 11) is 0. The van der Waals surface area contributed by atoms with Gasteiger partial charge >= 0.3 is 0 Å². The number of hydrogen-bond donors (Lipinski definition) is 0. The van der Waals surface area contributed by atoms with Crippen molar-refractivity contribution in [3.8, 4) is 11.8 Å². The van der Waals surface area contributed by atoms with Gasteiger partial charge < -0.3 is 4.74 Å². The minimum Gasteiger partial charge on any atom is -0.494 e. The smallest absolute Gasteiger partial charge is 0.119 e. The van der Waals surface area contributed by atoms with Gasteiger partial charge in [-0.1, -0.05) is 41.4 Å². The minimum absolute atomic E-state index is 0.0990. The first-order valence-electron chi connectivity index (χ1n) is 7.53. The maximum Gasteiger partial charge on any atom is 0.119 e. The Morgan fingerprint density at radius 1 is 1.14 bits per heavy atom. The van der Waals surface area contributed by atoms with E-state index in [1.54, 1.807) is 0 Å². The van der Waals surface area contributed by atoms with Crippen LogP contribution < -0.4 is 4.74 Å². The predicted molar refractivity (Wildman–Crippen MR) is 90.3 cm³/mol. The molecule has 114 valence electrons. The summed E-state index contributed by atoms with van der Waals surface area (Å²) in [6.07, 6.45) is 2.72. The first-order chi connectivity index (χ1) is 10.7. The van der Waals surface area contributed by atoms with Gasteiger partial charge in [0.05, 0.1) is 18.6 Å². The third kappa shape index (κ3) is 5.09. The van der Waals surface area contributed by atoms with E-state index in [0.717, 1.165) is 30.6 Å². The van der Waals surface area contributed by atoms with Crippen molar-refractivity contribution >= 4 is 11.6 Å². The normalized spacial score (nSPS) is 11.7. The minimum atomic E-state index is -0.0990. The highest BCUT2D eigenvalue weighted by atomic mass is 35.5. The standard InChI is InChI=1S/C19H20ClNO/c1-15-8-10-19(11-9-15)22-12-3-2-5-17(14-21)16-6-4-7-18(20)13-16/h4,6-11,13,17H,2-3,5,12H2,1H3. The summed E-state index contributed by atoms with van der Waals surface area (Å²) in [5, 5.41) is 9.99. The zero-order valence-electron chi connectivity index (χ0n) is 12.8. The molecule has 0 heterocycles. The highest BCUT2D eigenvalue weighted by molar-refractivity contribution is 6.30. The lowest BCUT2D eigenvalue weighted by Gasteiger charge is -2.10. The fraction of sp³-hybridized carbons (Fsp3) is 0.316. The second kappa shape index (κ2) is 8.46. The summed E-state index contributed by atoms with van der Waals surface area (Å²) < 4.78 is 5.70. The van der Waals surface area contributed by atoms with Crippen molar-refractivity contribution in [2.45, 2.75) is 32.1 Å². The van der Waals surface area contributed by atoms with Gasteiger partial charge in [-0.25, -0.2) is 0 Å². The second-order valence-electron chi connectivity index (χ2n) is 5.39. The molecule has 1 unspecified atom stereocenters. The van der Waals surface area contributed by atoms with E-state index in [0.29, 0.717) is 11.6 Å². The average Bonchev–Trinajstić information content (AvgIpc) is 2.52. The van der Waals surface area contributed by atoms with Crippen molar-refractivity contribution in [2.75, 3.05) is 6.61 Å². The Balaban J connectivity index is 1.73. The Bertz CT molecular complexity index is 631. The van der Waals surface area contributed by atoms with E-state index in [1.165, 1.54) is 5.56 Å². The van der Waals surface area contributed by atoms with E-state index in [-0.39, 0.29) is 5.92 Å². The second-order valence-corrected chi connectivity index (χ2v) is 5.83. The lowest BCUT2D eigenvalue weighted by atomic mass is 9.95. The van der Waals surface area contributed by atoms with Crippen LogP contribution in [-0.4, -0.2) is 6.61 Å². The van der Waals surface area contributed by atoms with Crippen LogP contribution >= 0.6 is 11.6 Å². The van der Waals surface area contributed by atoms with Crippen LogP contribution in [0.3, 0.4) is 0 Å². The fourth-order valence-electron chi connectivity index (χ4n) is 2.30. The molecule has 2 aromatic carbocycles. The molecule has 0 aliphatic heterocycles. The topological polar surface area (TPSA) is 33.0 Å². The SMILES string of the molecule is Cc1ccc(OCCCCC(C#N)c2cccc(Cl)c2)cc1. The van der Waals surface area contributed by atoms with Crippen molar-refractivity contribution in [1.29, 1.82) is 5.26 Å². The molecule has 0 aliphatic carbocycles. The van der Waals surface area contributed by atoms with Crippen LogP contribution in [0.2, 0.25) is 5.02 Å². The van der Waals surface area contributed by atoms with Crippen LogP contribution in [0.1, 0.15) is 36.3 Å². The molecule has 2 aromatic rings. The van der Waals surface area contributed by atoms with Gasteiger partial charge in [-0.3, -0.25) is 0 Å². The van der Waals surface area contributed by atoms with E-state index in [1.807, 2.05) is 48.5 Å². The van der Waals surface area contributed by atoms with Crippen LogP contribution in [0.15, 0.2) is 48.5 Å². The summed E-state index contributed by atoms with van der Waals surface area (Å²) in [6, 6.07) is 18.0. The molecule has 0 N–H and O–H groups in total. The molecule has 0 saturated heterocycles. The van der Waals surface area contributed by atoms with E-state index in [4.69, 9.17) is 16.3 Å². The Kier molecular flexibility index (Phi) is 6.30. The van der Waals surface area contributed by atoms with E-state index in [9.17, 15) is 5.26 Å². The van der Waals surface area contributed by atoms with Crippen LogP contribution in [0.5, 0.6) is 5.75 Å². The Morgan fingerprint density at radius 2 is 1.91 bits per heavy atom. The Labute approximate surface area is 137 Å². The highest BCUT2D eigenvalue weighted by Crippen LogP contribution is 2.24. The Hall–Kier alpha value is -1.98. The number of ether oxygens (including phenoxy) is 1. The quantitative estimate of drug-likeness (QED) is 0.632. The molecule has 0 aliphatic rings. The molecule has 0 fully saturated rings. The molecule has 0 radical (unpaired) electrons. The van der Waals surface area contributed by atoms with Gasteiger partial charge in [-0.2, -0.15) is 5.26 Å². The van der Waals surface area contributed by atoms with Crippen molar-refractivity contribution in [2.24, 2.45) is 0 Å². The summed E-state index contributed by atoms with van der Waals surface area (Å²) in [5.74, 6) is 0.801. The van der Waals surface area contributed by atoms with Gasteiger partial charge in [0.1, 0.15) is 5.75 Å². The summed E-state index contributed by atoms with van der Waals surface area (Å²) in [6.45, 7) is 2.73. The first kappa shape index (κ1) is 16.4. The Morgan fingerprint density at radius 3 is 2.59 bits per heavy atom. The third-order valence-electron chi connectivity index (χ3n) is 3.58. The van der Waals surface area contributed by atoms with E-state index >= 15 is 0 Å². The maximum absolute atomic E-state index is 9.31. The molecule has 2 rings (SSSR count). The number of nitrogens with zero attached hydrogens (tertiary/aromatic N) is 1. The third-order valence-corrected chi connectivity index (χ3v) is 3.82. The largest absolute Gasteiger partial charge is 0.494 e. The molecule has 0 spiro atoms. The van der Waals surface area contributed by atoms with Gasteiger partial charge in [-0.05, 0) is 56.0 Å². The number of hydrogen-bond acceptors (Lipinski definition) is 2. The van der Waals surface area contributed by atoms with Crippen molar-refractivity contribution in [3.05, 3.63) is 64.7 Å². The summed E-state index contributed by atoms with van der Waals surface area (Å²) in [4.78, 5) is 0. The molecule has 0 saturated carbocycles. The molecule has 3 heteroatoms. The van der Waals surface area contributed by atoms with Crippen LogP contribution in [0, 0.1) is 18.3 Å². The van der Waals surface area contributed by atoms with Crippen LogP contribution in [-0.2, 0) is 0 Å². The summed E-state index contributed by atoms with van der Waals surface area (Å²) in [5.41, 5.74) is 2.22. The number of aryl methyl sites for hydroxylation is 1. The van der Waals surface area contributed by atoms with Crippen molar-refractivity contribution < 1.29 is 4.74 Å².